The smallest absolute Gasteiger partial charge is 0.257 e. The van der Waals surface area contributed by atoms with Gasteiger partial charge in [-0.15, -0.1) is 0 Å². The van der Waals surface area contributed by atoms with Crippen molar-refractivity contribution in [3.8, 4) is 5.75 Å². The number of carbonyl (C=O) groups is 2. The zero-order valence-electron chi connectivity index (χ0n) is 20.6. The van der Waals surface area contributed by atoms with Gasteiger partial charge in [0.15, 0.2) is 0 Å². The summed E-state index contributed by atoms with van der Waals surface area (Å²) in [5.74, 6) is 2.32. The first-order chi connectivity index (χ1) is 17.0. The maximum atomic E-state index is 13.5. The van der Waals surface area contributed by atoms with Crippen LogP contribution in [0.25, 0.3) is 0 Å². The summed E-state index contributed by atoms with van der Waals surface area (Å²) >= 11 is 6.17. The fraction of sp³-hybridized carbons (Fsp3) is 0.571. The molecule has 5 rings (SSSR count). The van der Waals surface area contributed by atoms with Crippen LogP contribution in [0.4, 0.5) is 0 Å². The first-order valence-corrected chi connectivity index (χ1v) is 13.4. The van der Waals surface area contributed by atoms with Crippen molar-refractivity contribution >= 4 is 23.4 Å². The van der Waals surface area contributed by atoms with E-state index in [0.29, 0.717) is 42.6 Å². The molecule has 1 N–H and O–H groups in total. The van der Waals surface area contributed by atoms with E-state index in [1.165, 1.54) is 0 Å². The number of likely N-dealkylation sites (tertiary alicyclic amines) is 1. The summed E-state index contributed by atoms with van der Waals surface area (Å²) in [7, 11) is 0. The van der Waals surface area contributed by atoms with E-state index in [2.05, 4.69) is 5.32 Å². The Labute approximate surface area is 212 Å². The maximum absolute atomic E-state index is 13.5. The number of ether oxygens (including phenoxy) is 1. The molecular formula is C28H35ClN2O4. The Hall–Kier alpha value is -2.47. The molecule has 6 nitrogen and oxygen atoms in total. The van der Waals surface area contributed by atoms with Crippen LogP contribution < -0.4 is 10.1 Å². The number of rotatable bonds is 1. The van der Waals surface area contributed by atoms with Gasteiger partial charge in [-0.1, -0.05) is 24.4 Å². The summed E-state index contributed by atoms with van der Waals surface area (Å²) in [6, 6.07) is 5.21. The lowest BCUT2D eigenvalue weighted by Crippen LogP contribution is -2.48. The summed E-state index contributed by atoms with van der Waals surface area (Å²) in [5, 5.41) is 3.69. The van der Waals surface area contributed by atoms with Gasteiger partial charge in [0.2, 0.25) is 0 Å². The molecule has 3 aliphatic rings. The van der Waals surface area contributed by atoms with Gasteiger partial charge in [-0.2, -0.15) is 0 Å². The normalized spacial score (nSPS) is 20.6. The Bertz CT molecular complexity index is 1100. The average molecular weight is 499 g/mol. The third-order valence-electron chi connectivity index (χ3n) is 8.09. The molecule has 1 fully saturated rings. The molecule has 3 heterocycles. The number of carbonyl (C=O) groups excluding carboxylic acids is 2. The number of furan rings is 1. The summed E-state index contributed by atoms with van der Waals surface area (Å²) in [6.07, 6.45) is 10.1. The van der Waals surface area contributed by atoms with Crippen LogP contribution in [0.1, 0.15) is 89.2 Å². The Kier molecular flexibility index (Phi) is 7.10. The van der Waals surface area contributed by atoms with Gasteiger partial charge in [0.05, 0.1) is 17.7 Å². The van der Waals surface area contributed by atoms with Crippen molar-refractivity contribution in [3.05, 3.63) is 51.4 Å². The number of nitrogens with one attached hydrogen (secondary N) is 1. The number of amides is 2. The van der Waals surface area contributed by atoms with E-state index in [-0.39, 0.29) is 17.2 Å². The Morgan fingerprint density at radius 1 is 1.06 bits per heavy atom. The third-order valence-corrected chi connectivity index (χ3v) is 8.33. The molecule has 1 saturated heterocycles. The zero-order valence-corrected chi connectivity index (χ0v) is 21.3. The van der Waals surface area contributed by atoms with Crippen molar-refractivity contribution in [2.24, 2.45) is 5.41 Å². The summed E-state index contributed by atoms with van der Waals surface area (Å²) < 4.78 is 11.8. The average Bonchev–Trinajstić information content (AvgIpc) is 3.20. The monoisotopic (exact) mass is 498 g/mol. The van der Waals surface area contributed by atoms with Crippen LogP contribution in [0.3, 0.4) is 0 Å². The van der Waals surface area contributed by atoms with Crippen LogP contribution in [-0.2, 0) is 12.8 Å². The second kappa shape index (κ2) is 10.3. The van der Waals surface area contributed by atoms with Crippen LogP contribution in [0.2, 0.25) is 5.02 Å². The SMILES string of the molecule is Cc1oc2c(c1C(=O)N1CCC3(CCCCCOc4ccc(Cl)cc4C(=O)NC3)CC1)CCCC2. The van der Waals surface area contributed by atoms with Crippen molar-refractivity contribution in [2.45, 2.75) is 71.1 Å². The van der Waals surface area contributed by atoms with Gasteiger partial charge < -0.3 is 19.4 Å². The van der Waals surface area contributed by atoms with E-state index in [1.807, 2.05) is 11.8 Å². The third kappa shape index (κ3) is 5.09. The summed E-state index contributed by atoms with van der Waals surface area (Å²) in [6.45, 7) is 4.53. The predicted octanol–water partition coefficient (Wildman–Crippen LogP) is 5.73. The van der Waals surface area contributed by atoms with Crippen LogP contribution in [0, 0.1) is 12.3 Å². The predicted molar refractivity (Wildman–Crippen MR) is 135 cm³/mol. The number of fused-ring (bicyclic) bond motifs is 2. The molecule has 0 unspecified atom stereocenters. The molecule has 2 amide bonds. The van der Waals surface area contributed by atoms with E-state index in [0.717, 1.165) is 86.9 Å². The van der Waals surface area contributed by atoms with Gasteiger partial charge in [0.1, 0.15) is 17.3 Å². The van der Waals surface area contributed by atoms with E-state index in [4.69, 9.17) is 20.8 Å². The molecule has 188 valence electrons. The van der Waals surface area contributed by atoms with Crippen LogP contribution in [0.5, 0.6) is 5.75 Å². The number of hydrogen-bond acceptors (Lipinski definition) is 4. The first-order valence-electron chi connectivity index (χ1n) is 13.1. The van der Waals surface area contributed by atoms with Crippen molar-refractivity contribution in [1.29, 1.82) is 0 Å². The van der Waals surface area contributed by atoms with Crippen molar-refractivity contribution in [3.63, 3.8) is 0 Å². The van der Waals surface area contributed by atoms with Gasteiger partial charge in [-0.25, -0.2) is 0 Å². The maximum Gasteiger partial charge on any atom is 0.257 e. The molecule has 2 aliphatic heterocycles. The fourth-order valence-electron chi connectivity index (χ4n) is 5.97. The van der Waals surface area contributed by atoms with Crippen molar-refractivity contribution in [2.75, 3.05) is 26.2 Å². The molecule has 1 spiro atoms. The molecule has 0 saturated carbocycles. The van der Waals surface area contributed by atoms with Gasteiger partial charge in [-0.05, 0) is 75.5 Å². The molecule has 35 heavy (non-hydrogen) atoms. The number of halogens is 1. The molecule has 2 aromatic rings. The molecule has 0 radical (unpaired) electrons. The highest BCUT2D eigenvalue weighted by molar-refractivity contribution is 6.31. The van der Waals surface area contributed by atoms with Crippen LogP contribution in [-0.4, -0.2) is 43.0 Å². The molecule has 1 aliphatic carbocycles. The van der Waals surface area contributed by atoms with Gasteiger partial charge in [0.25, 0.3) is 11.8 Å². The van der Waals surface area contributed by atoms with E-state index < -0.39 is 0 Å². The molecule has 1 aromatic carbocycles. The Morgan fingerprint density at radius 3 is 2.69 bits per heavy atom. The summed E-state index contributed by atoms with van der Waals surface area (Å²) in [4.78, 5) is 28.6. The minimum atomic E-state index is -0.151. The number of hydrogen-bond donors (Lipinski definition) is 1. The molecule has 7 heteroatoms. The standard InChI is InChI=1S/C28H35ClN2O4/c1-19-25(21-7-3-4-8-24(21)35-19)27(33)31-14-12-28(13-15-31)11-5-2-6-16-34-23-10-9-20(29)17-22(23)26(32)30-18-28/h9-10,17H,2-8,11-16,18H2,1H3,(H,30,32). The summed E-state index contributed by atoms with van der Waals surface area (Å²) in [5.41, 5.74) is 2.42. The van der Waals surface area contributed by atoms with Gasteiger partial charge in [-0.3, -0.25) is 9.59 Å². The van der Waals surface area contributed by atoms with Crippen molar-refractivity contribution in [1.82, 2.24) is 10.2 Å². The van der Waals surface area contributed by atoms with E-state index >= 15 is 0 Å². The lowest BCUT2D eigenvalue weighted by atomic mass is 9.74. The van der Waals surface area contributed by atoms with Gasteiger partial charge >= 0.3 is 0 Å². The van der Waals surface area contributed by atoms with Crippen LogP contribution in [0.15, 0.2) is 22.6 Å². The van der Waals surface area contributed by atoms with Gasteiger partial charge in [0, 0.05) is 36.6 Å². The lowest BCUT2D eigenvalue weighted by molar-refractivity contribution is 0.0531. The molecule has 0 bridgehead atoms. The van der Waals surface area contributed by atoms with E-state index in [9.17, 15) is 9.59 Å². The number of benzene rings is 1. The highest BCUT2D eigenvalue weighted by Gasteiger charge is 2.38. The number of piperidine rings is 1. The largest absolute Gasteiger partial charge is 0.493 e. The first kappa shape index (κ1) is 24.2. The minimum absolute atomic E-state index is 0.00387. The molecule has 1 aromatic heterocycles. The number of nitrogens with zero attached hydrogens (tertiary/aromatic N) is 1. The number of aryl methyl sites for hydroxylation is 2. The second-order valence-electron chi connectivity index (χ2n) is 10.4. The minimum Gasteiger partial charge on any atom is -0.493 e. The highest BCUT2D eigenvalue weighted by atomic mass is 35.5. The fourth-order valence-corrected chi connectivity index (χ4v) is 6.14. The molecular weight excluding hydrogens is 464 g/mol. The van der Waals surface area contributed by atoms with Crippen molar-refractivity contribution < 1.29 is 18.7 Å². The van der Waals surface area contributed by atoms with E-state index in [1.54, 1.807) is 18.2 Å². The second-order valence-corrected chi connectivity index (χ2v) is 10.9. The topological polar surface area (TPSA) is 71.8 Å². The zero-order chi connectivity index (χ0) is 24.4. The lowest BCUT2D eigenvalue weighted by Gasteiger charge is -2.42. The van der Waals surface area contributed by atoms with Crippen LogP contribution >= 0.6 is 11.6 Å². The Balaban J connectivity index is 1.29. The quantitative estimate of drug-likeness (QED) is 0.545. The Morgan fingerprint density at radius 2 is 1.86 bits per heavy atom. The molecule has 0 atom stereocenters. The highest BCUT2D eigenvalue weighted by Crippen LogP contribution is 2.38.